The van der Waals surface area contributed by atoms with Gasteiger partial charge in [-0.1, -0.05) is 12.1 Å². The van der Waals surface area contributed by atoms with E-state index in [-0.39, 0.29) is 12.1 Å². The fourth-order valence-corrected chi connectivity index (χ4v) is 5.50. The number of anilines is 3. The Balaban J connectivity index is 1.16. The molecule has 1 aromatic carbocycles. The number of benzene rings is 1. The van der Waals surface area contributed by atoms with Crippen LogP contribution in [0.3, 0.4) is 0 Å². The minimum absolute atomic E-state index is 0.0979. The molecule has 11 heteroatoms. The average molecular weight is 572 g/mol. The molecule has 1 saturated heterocycles. The van der Waals surface area contributed by atoms with Gasteiger partial charge in [0.2, 0.25) is 0 Å². The summed E-state index contributed by atoms with van der Waals surface area (Å²) in [6.45, 7) is 2.58. The highest BCUT2D eigenvalue weighted by Gasteiger charge is 2.44. The van der Waals surface area contributed by atoms with Crippen molar-refractivity contribution in [2.45, 2.75) is 50.7 Å². The number of nitrogens with zero attached hydrogens (tertiary/aromatic N) is 7. The molecule has 1 aliphatic carbocycles. The number of ether oxygens (including phenoxy) is 1. The molecule has 2 fully saturated rings. The van der Waals surface area contributed by atoms with Gasteiger partial charge in [0.1, 0.15) is 29.6 Å². The Kier molecular flexibility index (Phi) is 6.75. The summed E-state index contributed by atoms with van der Waals surface area (Å²) in [6, 6.07) is 15.4. The minimum atomic E-state index is -0.430. The maximum Gasteiger partial charge on any atom is 0.257 e. The van der Waals surface area contributed by atoms with E-state index in [0.717, 1.165) is 49.8 Å². The van der Waals surface area contributed by atoms with Gasteiger partial charge >= 0.3 is 0 Å². The van der Waals surface area contributed by atoms with Crippen LogP contribution in [0.2, 0.25) is 0 Å². The van der Waals surface area contributed by atoms with Gasteiger partial charge in [0.05, 0.1) is 34.8 Å². The third kappa shape index (κ3) is 5.06. The first-order chi connectivity index (χ1) is 21.0. The summed E-state index contributed by atoms with van der Waals surface area (Å²) in [4.78, 5) is 36.1. The molecule has 4 aromatic heterocycles. The molecule has 43 heavy (non-hydrogen) atoms. The minimum Gasteiger partial charge on any atom is -0.358 e. The summed E-state index contributed by atoms with van der Waals surface area (Å²) < 4.78 is 7.95. The third-order valence-electron chi connectivity index (χ3n) is 8.13. The molecule has 214 valence electrons. The van der Waals surface area contributed by atoms with Gasteiger partial charge in [-0.2, -0.15) is 5.26 Å². The molecule has 1 unspecified atom stereocenters. The van der Waals surface area contributed by atoms with E-state index in [1.807, 2.05) is 47.9 Å². The van der Waals surface area contributed by atoms with Crippen molar-refractivity contribution in [1.29, 1.82) is 5.26 Å². The summed E-state index contributed by atoms with van der Waals surface area (Å²) in [5, 5.41) is 15.9. The number of carbonyl (C=O) groups excluding carboxylic acids is 1. The van der Waals surface area contributed by atoms with Crippen molar-refractivity contribution in [3.8, 4) is 17.3 Å². The smallest absolute Gasteiger partial charge is 0.257 e. The van der Waals surface area contributed by atoms with E-state index >= 15 is 0 Å². The lowest BCUT2D eigenvalue weighted by Crippen LogP contribution is -2.17. The lowest BCUT2D eigenvalue weighted by molar-refractivity contribution is -0.0298. The van der Waals surface area contributed by atoms with E-state index in [9.17, 15) is 10.1 Å². The van der Waals surface area contributed by atoms with Gasteiger partial charge in [0.15, 0.2) is 5.65 Å². The molecule has 1 saturated carbocycles. The Bertz CT molecular complexity index is 1880. The van der Waals surface area contributed by atoms with Crippen molar-refractivity contribution in [2.24, 2.45) is 0 Å². The standard InChI is InChI=1S/C32H29N9O2/c1-20-25(14-21(16-35-20)31(42)39-23-7-4-6-22(15-23)32(17-33)10-11-32)40-29-24(8-5-12-34-29)27-28-30(37-18-36-27)41(19-38-28)26-9-2-3-13-43-26/h4-8,12,14-16,18-19,26H,2-3,9-11,13H2,1H3,(H,34,40)(H,39,42). The third-order valence-corrected chi connectivity index (χ3v) is 8.13. The molecule has 7 rings (SSSR count). The summed E-state index contributed by atoms with van der Waals surface area (Å²) in [5.74, 6) is 0.246. The number of nitriles is 1. The predicted octanol–water partition coefficient (Wildman–Crippen LogP) is 5.84. The van der Waals surface area contributed by atoms with Gasteiger partial charge in [0, 0.05) is 30.3 Å². The second-order valence-corrected chi connectivity index (χ2v) is 11.0. The molecule has 0 radical (unpaired) electrons. The average Bonchev–Trinajstić information content (AvgIpc) is 3.73. The van der Waals surface area contributed by atoms with Crippen molar-refractivity contribution < 1.29 is 9.53 Å². The number of carbonyl (C=O) groups is 1. The Morgan fingerprint density at radius 2 is 2.00 bits per heavy atom. The normalized spacial score (nSPS) is 17.3. The fraction of sp³-hybridized carbons (Fsp3) is 0.281. The molecule has 11 nitrogen and oxygen atoms in total. The summed E-state index contributed by atoms with van der Waals surface area (Å²) in [7, 11) is 0. The highest BCUT2D eigenvalue weighted by atomic mass is 16.5. The van der Waals surface area contributed by atoms with Crippen LogP contribution in [0, 0.1) is 18.3 Å². The first kappa shape index (κ1) is 26.7. The number of nitrogens with one attached hydrogen (secondary N) is 2. The van der Waals surface area contributed by atoms with Gasteiger partial charge in [0.25, 0.3) is 5.91 Å². The number of amides is 1. The van der Waals surface area contributed by atoms with E-state index in [4.69, 9.17) is 4.74 Å². The van der Waals surface area contributed by atoms with Gasteiger partial charge in [-0.25, -0.2) is 19.9 Å². The predicted molar refractivity (Wildman–Crippen MR) is 161 cm³/mol. The summed E-state index contributed by atoms with van der Waals surface area (Å²) in [5.41, 5.74) is 5.58. The van der Waals surface area contributed by atoms with E-state index < -0.39 is 5.41 Å². The van der Waals surface area contributed by atoms with Crippen LogP contribution in [0.1, 0.15) is 59.9 Å². The number of hydrogen-bond donors (Lipinski definition) is 2. The summed E-state index contributed by atoms with van der Waals surface area (Å²) in [6.07, 6.45) is 11.2. The molecule has 2 aliphatic rings. The maximum absolute atomic E-state index is 13.2. The van der Waals surface area contributed by atoms with E-state index in [1.165, 1.54) is 6.33 Å². The number of fused-ring (bicyclic) bond motifs is 1. The topological polar surface area (TPSA) is 144 Å². The molecule has 1 amide bonds. The molecule has 5 heterocycles. The van der Waals surface area contributed by atoms with Crippen LogP contribution in [-0.2, 0) is 10.2 Å². The van der Waals surface area contributed by atoms with Gasteiger partial charge in [-0.05, 0) is 74.9 Å². The molecule has 5 aromatic rings. The number of rotatable bonds is 7. The Labute approximate surface area is 248 Å². The highest BCUT2D eigenvalue weighted by Crippen LogP contribution is 2.48. The first-order valence-corrected chi connectivity index (χ1v) is 14.4. The van der Waals surface area contributed by atoms with Gasteiger partial charge < -0.3 is 15.4 Å². The zero-order chi connectivity index (χ0) is 29.4. The van der Waals surface area contributed by atoms with E-state index in [0.29, 0.717) is 45.3 Å². The van der Waals surface area contributed by atoms with Crippen molar-refractivity contribution in [1.82, 2.24) is 29.5 Å². The van der Waals surface area contributed by atoms with Crippen LogP contribution in [0.5, 0.6) is 0 Å². The molecule has 1 aliphatic heterocycles. The van der Waals surface area contributed by atoms with Crippen LogP contribution in [-0.4, -0.2) is 42.0 Å². The highest BCUT2D eigenvalue weighted by molar-refractivity contribution is 6.05. The molecule has 1 atom stereocenters. The van der Waals surface area contributed by atoms with E-state index in [2.05, 4.69) is 41.6 Å². The fourth-order valence-electron chi connectivity index (χ4n) is 5.50. The molecular formula is C32H29N9O2. The van der Waals surface area contributed by atoms with Crippen LogP contribution in [0.25, 0.3) is 22.4 Å². The van der Waals surface area contributed by atoms with Gasteiger partial charge in [-0.3, -0.25) is 14.3 Å². The SMILES string of the molecule is Cc1ncc(C(=O)Nc2cccc(C3(C#N)CC3)c2)cc1Nc1ncccc1-c1ncnc2c1ncn2C1CCCCO1. The Morgan fingerprint density at radius 1 is 1.09 bits per heavy atom. The second-order valence-electron chi connectivity index (χ2n) is 11.0. The van der Waals surface area contributed by atoms with E-state index in [1.54, 1.807) is 24.8 Å². The zero-order valence-corrected chi connectivity index (χ0v) is 23.6. The Hall–Kier alpha value is -5.21. The second kappa shape index (κ2) is 10.9. The summed E-state index contributed by atoms with van der Waals surface area (Å²) >= 11 is 0. The number of pyridine rings is 2. The van der Waals surface area contributed by atoms with Crippen LogP contribution in [0.4, 0.5) is 17.2 Å². The number of aromatic nitrogens is 6. The quantitative estimate of drug-likeness (QED) is 0.246. The lowest BCUT2D eigenvalue weighted by atomic mass is 9.97. The van der Waals surface area contributed by atoms with Crippen LogP contribution >= 0.6 is 0 Å². The number of hydrogen-bond acceptors (Lipinski definition) is 9. The number of aryl methyl sites for hydroxylation is 1. The molecular weight excluding hydrogens is 542 g/mol. The Morgan fingerprint density at radius 3 is 2.81 bits per heavy atom. The monoisotopic (exact) mass is 571 g/mol. The van der Waals surface area contributed by atoms with Crippen LogP contribution < -0.4 is 10.6 Å². The van der Waals surface area contributed by atoms with Crippen molar-refractivity contribution in [3.05, 3.63) is 84.3 Å². The molecule has 0 bridgehead atoms. The molecule has 0 spiro atoms. The molecule has 2 N–H and O–H groups in total. The van der Waals surface area contributed by atoms with Gasteiger partial charge in [-0.15, -0.1) is 0 Å². The number of imidazole rings is 1. The van der Waals surface area contributed by atoms with Crippen molar-refractivity contribution in [3.63, 3.8) is 0 Å². The lowest BCUT2D eigenvalue weighted by Gasteiger charge is -2.23. The van der Waals surface area contributed by atoms with Crippen molar-refractivity contribution in [2.75, 3.05) is 17.2 Å². The zero-order valence-electron chi connectivity index (χ0n) is 23.6. The van der Waals surface area contributed by atoms with Crippen LogP contribution in [0.15, 0.2) is 67.5 Å². The first-order valence-electron chi connectivity index (χ1n) is 14.4. The van der Waals surface area contributed by atoms with Crippen molar-refractivity contribution >= 4 is 34.3 Å². The largest absolute Gasteiger partial charge is 0.358 e. The maximum atomic E-state index is 13.2.